The molecule has 2 unspecified atom stereocenters. The summed E-state index contributed by atoms with van der Waals surface area (Å²) in [6.07, 6.45) is 5.91. The number of nitrogens with one attached hydrogen (secondary N) is 2. The van der Waals surface area contributed by atoms with Crippen molar-refractivity contribution < 1.29 is 9.53 Å². The van der Waals surface area contributed by atoms with Crippen LogP contribution in [0.3, 0.4) is 0 Å². The molecular formula is C25H30N8O2. The second-order valence-corrected chi connectivity index (χ2v) is 8.69. The molecule has 5 rings (SSSR count). The molecule has 0 spiro atoms. The highest BCUT2D eigenvalue weighted by Gasteiger charge is 2.35. The molecule has 2 aliphatic heterocycles. The second-order valence-electron chi connectivity index (χ2n) is 8.69. The van der Waals surface area contributed by atoms with Crippen molar-refractivity contribution in [1.82, 2.24) is 19.9 Å². The Labute approximate surface area is 204 Å². The maximum atomic E-state index is 12.3. The van der Waals surface area contributed by atoms with Crippen LogP contribution in [-0.2, 0) is 4.74 Å². The van der Waals surface area contributed by atoms with Crippen LogP contribution < -0.4 is 20.4 Å². The highest BCUT2D eigenvalue weighted by atomic mass is 16.5. The van der Waals surface area contributed by atoms with Gasteiger partial charge < -0.3 is 25.2 Å². The summed E-state index contributed by atoms with van der Waals surface area (Å²) in [5, 5.41) is 5.59. The molecule has 2 saturated heterocycles. The lowest BCUT2D eigenvalue weighted by molar-refractivity contribution is 0.0299. The Bertz CT molecular complexity index is 1140. The zero-order valence-electron chi connectivity index (χ0n) is 20.0. The van der Waals surface area contributed by atoms with E-state index in [4.69, 9.17) is 19.7 Å². The Morgan fingerprint density at radius 2 is 1.71 bits per heavy atom. The molecule has 0 radical (unpaired) electrons. The second kappa shape index (κ2) is 10.2. The minimum atomic E-state index is -0.334. The number of pyridine rings is 1. The first-order valence-corrected chi connectivity index (χ1v) is 12.1. The van der Waals surface area contributed by atoms with E-state index in [-0.39, 0.29) is 18.2 Å². The molecule has 2 bridgehead atoms. The largest absolute Gasteiger partial charge is 0.371 e. The van der Waals surface area contributed by atoms with Gasteiger partial charge in [-0.25, -0.2) is 4.79 Å². The molecular weight excluding hydrogens is 444 g/mol. The van der Waals surface area contributed by atoms with Gasteiger partial charge in [-0.3, -0.25) is 4.98 Å². The topological polar surface area (TPSA) is 108 Å². The SMILES string of the molecule is CCN(CC)c1nc(-c2ccc(NC(=O)Nc3cccnc3)cc2)nc(N2CC3CCC(C2)O3)n1. The molecule has 2 amide bonds. The highest BCUT2D eigenvalue weighted by molar-refractivity contribution is 5.99. The quantitative estimate of drug-likeness (QED) is 0.532. The van der Waals surface area contributed by atoms with E-state index in [1.165, 1.54) is 0 Å². The first-order valence-electron chi connectivity index (χ1n) is 12.1. The zero-order chi connectivity index (χ0) is 24.2. The van der Waals surface area contributed by atoms with Crippen LogP contribution in [0.5, 0.6) is 0 Å². The van der Waals surface area contributed by atoms with Gasteiger partial charge in [0.25, 0.3) is 0 Å². The number of rotatable bonds is 7. The number of ether oxygens (including phenoxy) is 1. The summed E-state index contributed by atoms with van der Waals surface area (Å²) in [4.78, 5) is 35.1. The number of aromatic nitrogens is 4. The fourth-order valence-electron chi connectivity index (χ4n) is 4.48. The van der Waals surface area contributed by atoms with Gasteiger partial charge in [-0.05, 0) is 63.1 Å². The van der Waals surface area contributed by atoms with Crippen molar-refractivity contribution in [3.8, 4) is 11.4 Å². The summed E-state index contributed by atoms with van der Waals surface area (Å²) in [7, 11) is 0. The average molecular weight is 475 g/mol. The van der Waals surface area contributed by atoms with E-state index in [0.29, 0.717) is 29.1 Å². The molecule has 1 aromatic carbocycles. The Hall–Kier alpha value is -3.79. The Morgan fingerprint density at radius 3 is 2.37 bits per heavy atom. The third-order valence-corrected chi connectivity index (χ3v) is 6.30. The van der Waals surface area contributed by atoms with Crippen LogP contribution in [-0.4, -0.2) is 64.4 Å². The smallest absolute Gasteiger partial charge is 0.323 e. The maximum Gasteiger partial charge on any atom is 0.323 e. The zero-order valence-corrected chi connectivity index (χ0v) is 20.0. The number of benzene rings is 1. The van der Waals surface area contributed by atoms with Crippen LogP contribution in [0.2, 0.25) is 0 Å². The molecule has 2 fully saturated rings. The Balaban J connectivity index is 1.37. The predicted octanol–water partition coefficient (Wildman–Crippen LogP) is 3.79. The first kappa shape index (κ1) is 23.0. The number of hydrogen-bond acceptors (Lipinski definition) is 8. The molecule has 2 atom stereocenters. The fourth-order valence-corrected chi connectivity index (χ4v) is 4.48. The molecule has 2 aliphatic rings. The number of urea groups is 1. The number of amides is 2. The third kappa shape index (κ3) is 5.32. The number of carbonyl (C=O) groups excluding carboxylic acids is 1. The van der Waals surface area contributed by atoms with E-state index in [1.54, 1.807) is 24.5 Å². The number of nitrogens with zero attached hydrogens (tertiary/aromatic N) is 6. The third-order valence-electron chi connectivity index (χ3n) is 6.30. The average Bonchev–Trinajstić information content (AvgIpc) is 3.22. The molecule has 35 heavy (non-hydrogen) atoms. The standard InChI is InChI=1S/C25H30N8O2/c1-3-32(4-2)23-29-22(30-24(31-23)33-15-20-11-12-21(16-33)35-20)17-7-9-18(10-8-17)27-25(34)28-19-6-5-13-26-14-19/h5-10,13-14,20-21H,3-4,11-12,15-16H2,1-2H3,(H2,27,28,34). The van der Waals surface area contributed by atoms with Gasteiger partial charge in [0, 0.05) is 43.6 Å². The normalized spacial score (nSPS) is 18.9. The summed E-state index contributed by atoms with van der Waals surface area (Å²) in [6.45, 7) is 7.40. The molecule has 4 heterocycles. The number of anilines is 4. The molecule has 10 heteroatoms. The van der Waals surface area contributed by atoms with E-state index in [2.05, 4.69) is 39.3 Å². The van der Waals surface area contributed by atoms with Gasteiger partial charge in [0.15, 0.2) is 5.82 Å². The van der Waals surface area contributed by atoms with Crippen molar-refractivity contribution in [2.45, 2.75) is 38.9 Å². The van der Waals surface area contributed by atoms with E-state index in [1.807, 2.05) is 24.3 Å². The summed E-state index contributed by atoms with van der Waals surface area (Å²) in [6, 6.07) is 10.7. The lowest BCUT2D eigenvalue weighted by atomic mass is 10.2. The molecule has 182 valence electrons. The number of carbonyl (C=O) groups is 1. The predicted molar refractivity (Wildman–Crippen MR) is 136 cm³/mol. The van der Waals surface area contributed by atoms with Gasteiger partial charge >= 0.3 is 6.03 Å². The summed E-state index contributed by atoms with van der Waals surface area (Å²) < 4.78 is 6.00. The molecule has 3 aromatic rings. The van der Waals surface area contributed by atoms with Crippen LogP contribution in [0, 0.1) is 0 Å². The van der Waals surface area contributed by atoms with Gasteiger partial charge in [-0.2, -0.15) is 15.0 Å². The van der Waals surface area contributed by atoms with E-state index < -0.39 is 0 Å². The van der Waals surface area contributed by atoms with Crippen molar-refractivity contribution >= 4 is 29.3 Å². The van der Waals surface area contributed by atoms with Crippen molar-refractivity contribution in [3.63, 3.8) is 0 Å². The number of fused-ring (bicyclic) bond motifs is 2. The van der Waals surface area contributed by atoms with Crippen molar-refractivity contribution in [2.75, 3.05) is 46.6 Å². The minimum Gasteiger partial charge on any atom is -0.371 e. The lowest BCUT2D eigenvalue weighted by Gasteiger charge is -2.32. The number of hydrogen-bond donors (Lipinski definition) is 2. The van der Waals surface area contributed by atoms with Crippen molar-refractivity contribution in [1.29, 1.82) is 0 Å². The van der Waals surface area contributed by atoms with Crippen LogP contribution in [0.15, 0.2) is 48.8 Å². The van der Waals surface area contributed by atoms with Gasteiger partial charge in [-0.15, -0.1) is 0 Å². The van der Waals surface area contributed by atoms with Gasteiger partial charge in [-0.1, -0.05) is 0 Å². The van der Waals surface area contributed by atoms with Gasteiger partial charge in [0.05, 0.1) is 24.1 Å². The number of morpholine rings is 1. The Kier molecular flexibility index (Phi) is 6.71. The summed E-state index contributed by atoms with van der Waals surface area (Å²) >= 11 is 0. The maximum absolute atomic E-state index is 12.3. The molecule has 10 nitrogen and oxygen atoms in total. The molecule has 0 aliphatic carbocycles. The van der Waals surface area contributed by atoms with Gasteiger partial charge in [0.1, 0.15) is 0 Å². The van der Waals surface area contributed by atoms with Crippen LogP contribution in [0.1, 0.15) is 26.7 Å². The van der Waals surface area contributed by atoms with Crippen molar-refractivity contribution in [2.24, 2.45) is 0 Å². The first-order chi connectivity index (χ1) is 17.1. The Morgan fingerprint density at radius 1 is 1.00 bits per heavy atom. The monoisotopic (exact) mass is 474 g/mol. The molecule has 2 aromatic heterocycles. The lowest BCUT2D eigenvalue weighted by Crippen LogP contribution is -2.43. The van der Waals surface area contributed by atoms with Gasteiger partial charge in [0.2, 0.25) is 11.9 Å². The van der Waals surface area contributed by atoms with Crippen LogP contribution in [0.4, 0.5) is 28.1 Å². The van der Waals surface area contributed by atoms with Crippen LogP contribution in [0.25, 0.3) is 11.4 Å². The fraction of sp³-hybridized carbons (Fsp3) is 0.400. The minimum absolute atomic E-state index is 0.244. The summed E-state index contributed by atoms with van der Waals surface area (Å²) in [5.74, 6) is 1.98. The van der Waals surface area contributed by atoms with Crippen LogP contribution >= 0.6 is 0 Å². The molecule has 0 saturated carbocycles. The molecule has 2 N–H and O–H groups in total. The van der Waals surface area contributed by atoms with E-state index in [0.717, 1.165) is 44.6 Å². The van der Waals surface area contributed by atoms with Crippen molar-refractivity contribution in [3.05, 3.63) is 48.8 Å². The van der Waals surface area contributed by atoms with E-state index >= 15 is 0 Å². The van der Waals surface area contributed by atoms with E-state index in [9.17, 15) is 4.79 Å². The highest BCUT2D eigenvalue weighted by Crippen LogP contribution is 2.30. The summed E-state index contributed by atoms with van der Waals surface area (Å²) in [5.41, 5.74) is 2.15.